The van der Waals surface area contributed by atoms with E-state index in [4.69, 9.17) is 17.1 Å². The summed E-state index contributed by atoms with van der Waals surface area (Å²) < 4.78 is 26.1. The number of pyridine rings is 1. The van der Waals surface area contributed by atoms with Gasteiger partial charge in [0.25, 0.3) is 0 Å². The first-order valence-electron chi connectivity index (χ1n) is 22.8. The molecule has 0 fully saturated rings. The topological polar surface area (TPSA) is 43.9 Å². The minimum absolute atomic E-state index is 0. The van der Waals surface area contributed by atoms with E-state index >= 15 is 0 Å². The van der Waals surface area contributed by atoms with Gasteiger partial charge in [-0.25, -0.2) is 0 Å². The standard InChI is InChI=1S/C35H27N2O.C22H32NSi.Ir/c1-35(2,3)24-20-21-30(28(22-24)23-12-5-4-6-13-23)37-31-18-9-8-17-29(31)36-34(37)27-16-11-15-26-25-14-7-10-19-32(25)38-33(26)27;1-16(2)12-18-14-20(23-15-21(18)24(6,7)8)17-10-9-11-19(13-17)22(3,4)5;/h4-15,17-22H,1-3H3;9,11,13-16H,12H2,1-8H3;/q2*-1;/i;12D2;. The summed E-state index contributed by atoms with van der Waals surface area (Å²) in [5, 5.41) is 3.27. The van der Waals surface area contributed by atoms with Gasteiger partial charge in [0, 0.05) is 45.7 Å². The van der Waals surface area contributed by atoms with Crippen molar-refractivity contribution in [1.29, 1.82) is 0 Å². The molecule has 0 spiro atoms. The summed E-state index contributed by atoms with van der Waals surface area (Å²) in [7, 11) is -1.71. The average molecular weight is 1020 g/mol. The van der Waals surface area contributed by atoms with Crippen LogP contribution >= 0.6 is 0 Å². The quantitative estimate of drug-likeness (QED) is 0.118. The maximum Gasteiger partial charge on any atom is 0.120 e. The molecule has 0 aliphatic carbocycles. The molecule has 0 aliphatic rings. The summed E-state index contributed by atoms with van der Waals surface area (Å²) in [6.45, 7) is 24.0. The van der Waals surface area contributed by atoms with Gasteiger partial charge >= 0.3 is 0 Å². The Balaban J connectivity index is 0.000000206. The van der Waals surface area contributed by atoms with Gasteiger partial charge in [-0.2, -0.15) is 0 Å². The Morgan fingerprint density at radius 1 is 0.730 bits per heavy atom. The second kappa shape index (κ2) is 18.0. The Kier molecular flexibility index (Phi) is 12.3. The number of fused-ring (bicyclic) bond motifs is 4. The predicted molar refractivity (Wildman–Crippen MR) is 265 cm³/mol. The van der Waals surface area contributed by atoms with E-state index in [-0.39, 0.29) is 36.9 Å². The second-order valence-electron chi connectivity index (χ2n) is 19.7. The van der Waals surface area contributed by atoms with Crippen LogP contribution in [0.5, 0.6) is 0 Å². The zero-order valence-corrected chi connectivity index (χ0v) is 41.8. The molecule has 6 heteroatoms. The summed E-state index contributed by atoms with van der Waals surface area (Å²) in [6.07, 6.45) is 0.531. The molecule has 9 rings (SSSR count). The predicted octanol–water partition coefficient (Wildman–Crippen LogP) is 14.9. The van der Waals surface area contributed by atoms with Gasteiger partial charge in [0.2, 0.25) is 0 Å². The molecule has 9 aromatic rings. The number of benzene rings is 6. The summed E-state index contributed by atoms with van der Waals surface area (Å²) in [4.78, 5) is 9.87. The fourth-order valence-electron chi connectivity index (χ4n) is 8.05. The Labute approximate surface area is 392 Å². The van der Waals surface area contributed by atoms with Crippen molar-refractivity contribution in [2.45, 2.75) is 92.2 Å². The number of furan rings is 1. The van der Waals surface area contributed by atoms with Crippen molar-refractivity contribution in [1.82, 2.24) is 14.5 Å². The van der Waals surface area contributed by atoms with Gasteiger partial charge in [-0.3, -0.25) is 4.98 Å². The third-order valence-electron chi connectivity index (χ3n) is 11.4. The number of imidazole rings is 1. The van der Waals surface area contributed by atoms with Crippen LogP contribution in [0.25, 0.3) is 72.4 Å². The molecule has 0 unspecified atom stereocenters. The van der Waals surface area contributed by atoms with Crippen LogP contribution < -0.4 is 5.19 Å². The van der Waals surface area contributed by atoms with Crippen molar-refractivity contribution >= 4 is 46.2 Å². The molecule has 0 atom stereocenters. The van der Waals surface area contributed by atoms with E-state index in [1.807, 2.05) is 62.5 Å². The average Bonchev–Trinajstić information content (AvgIpc) is 3.85. The van der Waals surface area contributed by atoms with Crippen LogP contribution in [-0.4, -0.2) is 22.6 Å². The van der Waals surface area contributed by atoms with Gasteiger partial charge < -0.3 is 14.0 Å². The van der Waals surface area contributed by atoms with Crippen molar-refractivity contribution in [3.8, 4) is 39.5 Å². The van der Waals surface area contributed by atoms with Gasteiger partial charge in [-0.1, -0.05) is 164 Å². The monoisotopic (exact) mass is 1020 g/mol. The molecule has 0 amide bonds. The molecular weight excluding hydrogens is 963 g/mol. The SMILES string of the molecule is CC(C)(C)c1ccc(-n2c(-c3[c-]ccc4c3oc3ccccc34)nc3ccccc32)c(-c2ccccc2)c1.[2H]C([2H])(c1cc(-c2[c-]ccc(C(C)(C)C)c2)ncc1[Si](C)(C)C)C(C)C.[Ir]. The van der Waals surface area contributed by atoms with Crippen LogP contribution in [0.15, 0.2) is 144 Å². The zero-order chi connectivity index (χ0) is 45.8. The number of hydrogen-bond acceptors (Lipinski definition) is 3. The van der Waals surface area contributed by atoms with Crippen LogP contribution in [0.3, 0.4) is 0 Å². The fraction of sp³-hybridized carbons (Fsp3) is 0.263. The van der Waals surface area contributed by atoms with Crippen molar-refractivity contribution < 1.29 is 27.3 Å². The molecule has 323 valence electrons. The summed E-state index contributed by atoms with van der Waals surface area (Å²) in [6, 6.07) is 52.8. The van der Waals surface area contributed by atoms with E-state index in [0.717, 1.165) is 72.1 Å². The molecule has 0 N–H and O–H groups in total. The second-order valence-corrected chi connectivity index (χ2v) is 24.7. The molecular formula is C57H59IrN3OSi-2. The maximum absolute atomic E-state index is 8.69. The summed E-state index contributed by atoms with van der Waals surface area (Å²) in [5.74, 6) is 0.717. The molecule has 0 bridgehead atoms. The van der Waals surface area contributed by atoms with Gasteiger partial charge in [0.05, 0.1) is 30.5 Å². The van der Waals surface area contributed by atoms with E-state index < -0.39 is 14.4 Å². The Morgan fingerprint density at radius 3 is 2.11 bits per heavy atom. The van der Waals surface area contributed by atoms with E-state index in [0.29, 0.717) is 0 Å². The summed E-state index contributed by atoms with van der Waals surface area (Å²) >= 11 is 0. The van der Waals surface area contributed by atoms with Crippen molar-refractivity contribution in [2.75, 3.05) is 0 Å². The molecule has 4 nitrogen and oxygen atoms in total. The fourth-order valence-corrected chi connectivity index (χ4v) is 9.46. The van der Waals surface area contributed by atoms with Gasteiger partial charge in [0.15, 0.2) is 0 Å². The summed E-state index contributed by atoms with van der Waals surface area (Å²) in [5.41, 5.74) is 13.0. The van der Waals surface area contributed by atoms with Gasteiger partial charge in [0.1, 0.15) is 5.58 Å². The molecule has 3 heterocycles. The van der Waals surface area contributed by atoms with E-state index in [2.05, 4.69) is 169 Å². The third kappa shape index (κ3) is 9.60. The van der Waals surface area contributed by atoms with Crippen molar-refractivity contribution in [2.24, 2.45) is 5.92 Å². The van der Waals surface area contributed by atoms with E-state index in [1.165, 1.54) is 22.3 Å². The Morgan fingerprint density at radius 2 is 1.40 bits per heavy atom. The first kappa shape index (κ1) is 42.9. The molecule has 1 radical (unpaired) electrons. The maximum atomic E-state index is 8.69. The molecule has 6 aromatic carbocycles. The Hall–Kier alpha value is -5.39. The van der Waals surface area contributed by atoms with Crippen LogP contribution in [-0.2, 0) is 37.3 Å². The van der Waals surface area contributed by atoms with Crippen LogP contribution in [0.1, 0.15) is 74.8 Å². The number of rotatable bonds is 7. The van der Waals surface area contributed by atoms with E-state index in [9.17, 15) is 0 Å². The first-order chi connectivity index (χ1) is 30.2. The molecule has 0 saturated heterocycles. The van der Waals surface area contributed by atoms with Crippen molar-refractivity contribution in [3.05, 3.63) is 168 Å². The molecule has 3 aromatic heterocycles. The minimum atomic E-state index is -1.71. The van der Waals surface area contributed by atoms with Crippen LogP contribution in [0.2, 0.25) is 19.6 Å². The third-order valence-corrected chi connectivity index (χ3v) is 13.4. The molecule has 63 heavy (non-hydrogen) atoms. The smallest absolute Gasteiger partial charge is 0.120 e. The van der Waals surface area contributed by atoms with E-state index in [1.54, 1.807) is 0 Å². The Bertz CT molecular complexity index is 3130. The van der Waals surface area contributed by atoms with Crippen molar-refractivity contribution in [3.63, 3.8) is 0 Å². The van der Waals surface area contributed by atoms with Crippen LogP contribution in [0.4, 0.5) is 0 Å². The largest absolute Gasteiger partial charge is 0.501 e. The normalized spacial score (nSPS) is 12.8. The van der Waals surface area contributed by atoms with Gasteiger partial charge in [-0.05, 0) is 75.5 Å². The van der Waals surface area contributed by atoms with Crippen LogP contribution in [0, 0.1) is 18.1 Å². The van der Waals surface area contributed by atoms with Gasteiger partial charge in [-0.15, -0.1) is 53.6 Å². The first-order valence-corrected chi connectivity index (χ1v) is 25.3. The molecule has 0 aliphatic heterocycles. The molecule has 0 saturated carbocycles. The number of hydrogen-bond donors (Lipinski definition) is 0. The number of aromatic nitrogens is 3. The number of para-hydroxylation sites is 3. The minimum Gasteiger partial charge on any atom is -0.501 e. The zero-order valence-electron chi connectivity index (χ0n) is 40.4. The number of nitrogens with zero attached hydrogens (tertiary/aromatic N) is 3.